The Morgan fingerprint density at radius 1 is 1.56 bits per heavy atom. The minimum atomic E-state index is -0.587. The topological polar surface area (TPSA) is 37.3 Å². The Morgan fingerprint density at radius 3 is 2.94 bits per heavy atom. The first-order valence-corrected chi connectivity index (χ1v) is 6.47. The smallest absolute Gasteiger partial charge is 0.136 e. The summed E-state index contributed by atoms with van der Waals surface area (Å²) in [5, 5.41) is 10.4. The minimum absolute atomic E-state index is 0.0119. The van der Waals surface area contributed by atoms with Gasteiger partial charge in [-0.1, -0.05) is 32.3 Å². The van der Waals surface area contributed by atoms with Crippen molar-refractivity contribution in [1.82, 2.24) is 0 Å². The molecule has 1 aliphatic rings. The van der Waals surface area contributed by atoms with Crippen LogP contribution in [0, 0.1) is 5.92 Å². The number of Topliss-reactive ketones (excluding diaryl/α,β-unsaturated/α-hetero) is 1. The lowest BCUT2D eigenvalue weighted by Gasteiger charge is -2.36. The maximum absolute atomic E-state index is 11.6. The molecule has 2 heteroatoms. The maximum Gasteiger partial charge on any atom is 0.136 e. The van der Waals surface area contributed by atoms with E-state index < -0.39 is 5.60 Å². The van der Waals surface area contributed by atoms with E-state index in [1.54, 1.807) is 6.08 Å². The van der Waals surface area contributed by atoms with Crippen LogP contribution >= 0.6 is 0 Å². The third-order valence-electron chi connectivity index (χ3n) is 3.62. The molecule has 1 N–H and O–H groups in total. The first-order valence-electron chi connectivity index (χ1n) is 6.47. The summed E-state index contributed by atoms with van der Waals surface area (Å²) in [6, 6.07) is 0. The van der Waals surface area contributed by atoms with Crippen LogP contribution in [0.3, 0.4) is 0 Å². The van der Waals surface area contributed by atoms with Crippen molar-refractivity contribution in [2.75, 3.05) is 0 Å². The Kier molecular flexibility index (Phi) is 5.20. The van der Waals surface area contributed by atoms with Gasteiger partial charge in [0.25, 0.3) is 0 Å². The van der Waals surface area contributed by atoms with Crippen LogP contribution in [0.1, 0.15) is 58.3 Å². The van der Waals surface area contributed by atoms with Crippen molar-refractivity contribution in [3.8, 4) is 0 Å². The Bertz CT molecular complexity index is 247. The number of aliphatic hydroxyl groups is 1. The van der Waals surface area contributed by atoms with Crippen LogP contribution in [-0.2, 0) is 4.79 Å². The highest BCUT2D eigenvalue weighted by atomic mass is 16.3. The van der Waals surface area contributed by atoms with Gasteiger partial charge < -0.3 is 5.11 Å². The predicted octanol–water partition coefficient (Wildman–Crippen LogP) is 3.24. The van der Waals surface area contributed by atoms with Crippen molar-refractivity contribution in [3.63, 3.8) is 0 Å². The number of carbonyl (C=O) groups is 1. The lowest BCUT2D eigenvalue weighted by Crippen LogP contribution is -2.39. The van der Waals surface area contributed by atoms with Gasteiger partial charge in [-0.3, -0.25) is 4.79 Å². The van der Waals surface area contributed by atoms with Crippen LogP contribution in [0.15, 0.2) is 12.7 Å². The molecule has 0 aliphatic heterocycles. The third kappa shape index (κ3) is 3.75. The maximum atomic E-state index is 11.6. The van der Waals surface area contributed by atoms with E-state index in [9.17, 15) is 9.90 Å². The summed E-state index contributed by atoms with van der Waals surface area (Å²) < 4.78 is 0. The molecule has 0 aromatic heterocycles. The van der Waals surface area contributed by atoms with E-state index in [1.165, 1.54) is 12.8 Å². The van der Waals surface area contributed by atoms with E-state index in [-0.39, 0.29) is 5.92 Å². The lowest BCUT2D eigenvalue weighted by molar-refractivity contribution is -0.132. The Hall–Kier alpha value is -0.630. The van der Waals surface area contributed by atoms with Gasteiger partial charge in [-0.05, 0) is 25.7 Å². The minimum Gasteiger partial charge on any atom is -0.390 e. The Labute approximate surface area is 98.7 Å². The summed E-state index contributed by atoms with van der Waals surface area (Å²) in [6.45, 7) is 5.84. The molecule has 2 unspecified atom stereocenters. The molecule has 16 heavy (non-hydrogen) atoms. The molecule has 2 atom stereocenters. The van der Waals surface area contributed by atoms with Gasteiger partial charge in [0.1, 0.15) is 5.78 Å². The molecule has 1 rings (SSSR count). The van der Waals surface area contributed by atoms with Gasteiger partial charge >= 0.3 is 0 Å². The van der Waals surface area contributed by atoms with Crippen LogP contribution in [0.25, 0.3) is 0 Å². The third-order valence-corrected chi connectivity index (χ3v) is 3.62. The van der Waals surface area contributed by atoms with Crippen LogP contribution in [0.4, 0.5) is 0 Å². The summed E-state index contributed by atoms with van der Waals surface area (Å²) in [6.07, 6.45) is 8.61. The van der Waals surface area contributed by atoms with Gasteiger partial charge in [-0.2, -0.15) is 0 Å². The fourth-order valence-corrected chi connectivity index (χ4v) is 2.58. The summed E-state index contributed by atoms with van der Waals surface area (Å²) in [5.74, 6) is 0.318. The molecule has 2 nitrogen and oxygen atoms in total. The average molecular weight is 224 g/mol. The molecule has 92 valence electrons. The number of ketones is 1. The van der Waals surface area contributed by atoms with Crippen LogP contribution in [0.2, 0.25) is 0 Å². The SMILES string of the molecule is C=CCC1CC(O)(CCCCC)CCC1=O. The summed E-state index contributed by atoms with van der Waals surface area (Å²) in [7, 11) is 0. The number of hydrogen-bond donors (Lipinski definition) is 1. The number of unbranched alkanes of at least 4 members (excludes halogenated alkanes) is 2. The standard InChI is InChI=1S/C14H24O2/c1-3-5-6-9-14(16)10-8-13(15)12(11-14)7-4-2/h4,12,16H,2-3,5-11H2,1H3. The number of rotatable bonds is 6. The number of allylic oxidation sites excluding steroid dienone is 1. The zero-order chi connectivity index (χ0) is 12.0. The van der Waals surface area contributed by atoms with Gasteiger partial charge in [0.2, 0.25) is 0 Å². The lowest BCUT2D eigenvalue weighted by atomic mass is 9.74. The van der Waals surface area contributed by atoms with Crippen LogP contribution < -0.4 is 0 Å². The average Bonchev–Trinajstić information content (AvgIpc) is 2.25. The molecule has 0 amide bonds. The zero-order valence-electron chi connectivity index (χ0n) is 10.4. The fraction of sp³-hybridized carbons (Fsp3) is 0.786. The quantitative estimate of drug-likeness (QED) is 0.555. The molecular weight excluding hydrogens is 200 g/mol. The molecule has 0 spiro atoms. The highest BCUT2D eigenvalue weighted by molar-refractivity contribution is 5.82. The molecule has 1 fully saturated rings. The zero-order valence-corrected chi connectivity index (χ0v) is 10.4. The molecule has 0 saturated heterocycles. The highest BCUT2D eigenvalue weighted by Crippen LogP contribution is 2.35. The molecule has 1 saturated carbocycles. The van der Waals surface area contributed by atoms with Crippen molar-refractivity contribution >= 4 is 5.78 Å². The van der Waals surface area contributed by atoms with E-state index in [1.807, 2.05) is 0 Å². The molecule has 0 heterocycles. The second-order valence-corrected chi connectivity index (χ2v) is 5.07. The first kappa shape index (κ1) is 13.4. The Balaban J connectivity index is 2.48. The monoisotopic (exact) mass is 224 g/mol. The van der Waals surface area contributed by atoms with E-state index in [0.717, 1.165) is 19.3 Å². The van der Waals surface area contributed by atoms with E-state index >= 15 is 0 Å². The van der Waals surface area contributed by atoms with Gasteiger partial charge in [-0.25, -0.2) is 0 Å². The molecule has 0 radical (unpaired) electrons. The predicted molar refractivity (Wildman–Crippen MR) is 66.3 cm³/mol. The van der Waals surface area contributed by atoms with Gasteiger partial charge in [-0.15, -0.1) is 6.58 Å². The van der Waals surface area contributed by atoms with Crippen molar-refractivity contribution in [1.29, 1.82) is 0 Å². The highest BCUT2D eigenvalue weighted by Gasteiger charge is 2.37. The second kappa shape index (κ2) is 6.19. The van der Waals surface area contributed by atoms with E-state index in [2.05, 4.69) is 13.5 Å². The van der Waals surface area contributed by atoms with Crippen molar-refractivity contribution in [2.24, 2.45) is 5.92 Å². The molecular formula is C14H24O2. The first-order chi connectivity index (χ1) is 7.61. The summed E-state index contributed by atoms with van der Waals surface area (Å²) >= 11 is 0. The Morgan fingerprint density at radius 2 is 2.31 bits per heavy atom. The van der Waals surface area contributed by atoms with Gasteiger partial charge in [0.05, 0.1) is 5.60 Å². The van der Waals surface area contributed by atoms with Crippen molar-refractivity contribution in [2.45, 2.75) is 63.9 Å². The molecule has 0 aromatic rings. The van der Waals surface area contributed by atoms with Gasteiger partial charge in [0, 0.05) is 12.3 Å². The fourth-order valence-electron chi connectivity index (χ4n) is 2.58. The van der Waals surface area contributed by atoms with Crippen molar-refractivity contribution in [3.05, 3.63) is 12.7 Å². The summed E-state index contributed by atoms with van der Waals surface area (Å²) in [5.41, 5.74) is -0.587. The van der Waals surface area contributed by atoms with Crippen molar-refractivity contribution < 1.29 is 9.90 Å². The molecule has 0 aromatic carbocycles. The molecule has 0 bridgehead atoms. The normalized spacial score (nSPS) is 30.4. The van der Waals surface area contributed by atoms with E-state index in [0.29, 0.717) is 25.0 Å². The largest absolute Gasteiger partial charge is 0.390 e. The second-order valence-electron chi connectivity index (χ2n) is 5.07. The van der Waals surface area contributed by atoms with E-state index in [4.69, 9.17) is 0 Å². The van der Waals surface area contributed by atoms with Crippen LogP contribution in [0.5, 0.6) is 0 Å². The number of hydrogen-bond acceptors (Lipinski definition) is 2. The summed E-state index contributed by atoms with van der Waals surface area (Å²) in [4.78, 5) is 11.6. The number of carbonyl (C=O) groups excluding carboxylic acids is 1. The van der Waals surface area contributed by atoms with Crippen LogP contribution in [-0.4, -0.2) is 16.5 Å². The molecule has 1 aliphatic carbocycles. The van der Waals surface area contributed by atoms with Gasteiger partial charge in [0.15, 0.2) is 0 Å².